The van der Waals surface area contributed by atoms with E-state index in [2.05, 4.69) is 9.88 Å². The van der Waals surface area contributed by atoms with Gasteiger partial charge in [0.05, 0.1) is 5.69 Å². The van der Waals surface area contributed by atoms with E-state index in [1.165, 1.54) is 0 Å². The average Bonchev–Trinajstić information content (AvgIpc) is 2.85. The zero-order valence-corrected chi connectivity index (χ0v) is 11.7. The van der Waals surface area contributed by atoms with Crippen LogP contribution in [0.15, 0.2) is 29.2 Å². The number of nitrogens with zero attached hydrogens (tertiary/aromatic N) is 3. The molecule has 1 aliphatic rings. The summed E-state index contributed by atoms with van der Waals surface area (Å²) in [6.07, 6.45) is 2.92. The average molecular weight is 272 g/mol. The molecule has 2 aromatic heterocycles. The fourth-order valence-corrected chi connectivity index (χ4v) is 2.81. The molecule has 0 bridgehead atoms. The van der Waals surface area contributed by atoms with Gasteiger partial charge in [0, 0.05) is 25.4 Å². The van der Waals surface area contributed by atoms with Crippen molar-refractivity contribution in [1.82, 2.24) is 14.3 Å². The standard InChI is InChI=1S/C15H20N4O/c1-11-2-5-19-14(6-11)17-13(7-15(19)20)10-18-4-3-12(8-16)9-18/h2,5-7,12H,3-4,8-10,16H2,1H3. The van der Waals surface area contributed by atoms with Gasteiger partial charge in [-0.15, -0.1) is 0 Å². The van der Waals surface area contributed by atoms with Crippen LogP contribution < -0.4 is 11.3 Å². The van der Waals surface area contributed by atoms with Crippen molar-refractivity contribution in [2.75, 3.05) is 19.6 Å². The summed E-state index contributed by atoms with van der Waals surface area (Å²) in [7, 11) is 0. The molecule has 0 amide bonds. The van der Waals surface area contributed by atoms with Crippen LogP contribution in [0.3, 0.4) is 0 Å². The highest BCUT2D eigenvalue weighted by molar-refractivity contribution is 5.41. The molecule has 106 valence electrons. The summed E-state index contributed by atoms with van der Waals surface area (Å²) >= 11 is 0. The molecule has 0 aromatic carbocycles. The van der Waals surface area contributed by atoms with Crippen LogP contribution in [0.1, 0.15) is 17.7 Å². The summed E-state index contributed by atoms with van der Waals surface area (Å²) in [6.45, 7) is 5.52. The first-order chi connectivity index (χ1) is 9.65. The molecule has 1 unspecified atom stereocenters. The number of aryl methyl sites for hydroxylation is 1. The van der Waals surface area contributed by atoms with Crippen molar-refractivity contribution < 1.29 is 0 Å². The molecule has 1 fully saturated rings. The van der Waals surface area contributed by atoms with Gasteiger partial charge in [-0.05, 0) is 50.0 Å². The summed E-state index contributed by atoms with van der Waals surface area (Å²) in [4.78, 5) is 19.0. The molecule has 1 atom stereocenters. The van der Waals surface area contributed by atoms with Gasteiger partial charge in [-0.1, -0.05) is 0 Å². The molecule has 1 saturated heterocycles. The topological polar surface area (TPSA) is 63.6 Å². The minimum absolute atomic E-state index is 0.0143. The maximum absolute atomic E-state index is 12.1. The second-order valence-corrected chi connectivity index (χ2v) is 5.64. The lowest BCUT2D eigenvalue weighted by atomic mass is 10.1. The highest BCUT2D eigenvalue weighted by atomic mass is 16.1. The molecule has 3 rings (SSSR count). The monoisotopic (exact) mass is 272 g/mol. The highest BCUT2D eigenvalue weighted by Gasteiger charge is 2.21. The molecule has 1 aliphatic heterocycles. The Morgan fingerprint density at radius 2 is 2.30 bits per heavy atom. The Labute approximate surface area is 118 Å². The van der Waals surface area contributed by atoms with Crippen LogP contribution in [0.25, 0.3) is 5.65 Å². The first-order valence-electron chi connectivity index (χ1n) is 7.07. The van der Waals surface area contributed by atoms with Gasteiger partial charge in [-0.3, -0.25) is 14.1 Å². The van der Waals surface area contributed by atoms with E-state index in [1.807, 2.05) is 19.1 Å². The number of hydrogen-bond acceptors (Lipinski definition) is 4. The van der Waals surface area contributed by atoms with E-state index in [9.17, 15) is 4.79 Å². The number of aromatic nitrogens is 2. The van der Waals surface area contributed by atoms with Crippen molar-refractivity contribution in [2.24, 2.45) is 11.7 Å². The van der Waals surface area contributed by atoms with E-state index < -0.39 is 0 Å². The van der Waals surface area contributed by atoms with Crippen molar-refractivity contribution >= 4 is 5.65 Å². The fraction of sp³-hybridized carbons (Fsp3) is 0.467. The van der Waals surface area contributed by atoms with E-state index >= 15 is 0 Å². The van der Waals surface area contributed by atoms with E-state index in [4.69, 9.17) is 5.73 Å². The molecule has 2 N–H and O–H groups in total. The van der Waals surface area contributed by atoms with Gasteiger partial charge in [-0.25, -0.2) is 4.98 Å². The third-order valence-corrected chi connectivity index (χ3v) is 3.96. The lowest BCUT2D eigenvalue weighted by Crippen LogP contribution is -2.25. The zero-order valence-electron chi connectivity index (χ0n) is 11.7. The normalized spacial score (nSPS) is 19.8. The van der Waals surface area contributed by atoms with Crippen molar-refractivity contribution in [3.05, 3.63) is 46.0 Å². The van der Waals surface area contributed by atoms with Gasteiger partial charge in [0.25, 0.3) is 5.56 Å². The Kier molecular flexibility index (Phi) is 3.54. The van der Waals surface area contributed by atoms with Crippen LogP contribution in [0.4, 0.5) is 0 Å². The smallest absolute Gasteiger partial charge is 0.258 e. The molecule has 5 nitrogen and oxygen atoms in total. The SMILES string of the molecule is Cc1ccn2c(=O)cc(CN3CCC(CN)C3)nc2c1. The molecular formula is C15H20N4O. The molecular weight excluding hydrogens is 252 g/mol. The van der Waals surface area contributed by atoms with Gasteiger partial charge in [0.2, 0.25) is 0 Å². The minimum Gasteiger partial charge on any atom is -0.330 e. The van der Waals surface area contributed by atoms with E-state index in [0.717, 1.165) is 49.5 Å². The van der Waals surface area contributed by atoms with Crippen molar-refractivity contribution in [1.29, 1.82) is 0 Å². The third kappa shape index (κ3) is 2.59. The summed E-state index contributed by atoms with van der Waals surface area (Å²) < 4.78 is 1.59. The minimum atomic E-state index is -0.0143. The van der Waals surface area contributed by atoms with E-state index in [-0.39, 0.29) is 5.56 Å². The molecule has 3 heterocycles. The second kappa shape index (κ2) is 5.34. The second-order valence-electron chi connectivity index (χ2n) is 5.64. The molecule has 0 aliphatic carbocycles. The summed E-state index contributed by atoms with van der Waals surface area (Å²) in [5, 5.41) is 0. The molecule has 0 radical (unpaired) electrons. The molecule has 0 spiro atoms. The number of pyridine rings is 1. The number of hydrogen-bond donors (Lipinski definition) is 1. The predicted octanol–water partition coefficient (Wildman–Crippen LogP) is 0.784. The number of nitrogens with two attached hydrogens (primary N) is 1. The van der Waals surface area contributed by atoms with Crippen molar-refractivity contribution in [3.63, 3.8) is 0 Å². The summed E-state index contributed by atoms with van der Waals surface area (Å²) in [5.74, 6) is 0.582. The molecule has 0 saturated carbocycles. The fourth-order valence-electron chi connectivity index (χ4n) is 2.81. The Morgan fingerprint density at radius 1 is 1.45 bits per heavy atom. The van der Waals surface area contributed by atoms with Gasteiger partial charge < -0.3 is 5.73 Å². The van der Waals surface area contributed by atoms with Crippen LogP contribution in [0, 0.1) is 12.8 Å². The number of rotatable bonds is 3. The Morgan fingerprint density at radius 3 is 3.05 bits per heavy atom. The predicted molar refractivity (Wildman–Crippen MR) is 78.6 cm³/mol. The van der Waals surface area contributed by atoms with Gasteiger partial charge in [0.15, 0.2) is 0 Å². The lowest BCUT2D eigenvalue weighted by molar-refractivity contribution is 0.314. The van der Waals surface area contributed by atoms with Gasteiger partial charge in [-0.2, -0.15) is 0 Å². The van der Waals surface area contributed by atoms with Gasteiger partial charge in [0.1, 0.15) is 5.65 Å². The molecule has 2 aromatic rings. The van der Waals surface area contributed by atoms with Crippen molar-refractivity contribution in [2.45, 2.75) is 19.9 Å². The maximum atomic E-state index is 12.1. The molecule has 5 heteroatoms. The van der Waals surface area contributed by atoms with Crippen LogP contribution in [-0.4, -0.2) is 33.9 Å². The molecule has 20 heavy (non-hydrogen) atoms. The quantitative estimate of drug-likeness (QED) is 0.897. The van der Waals surface area contributed by atoms with Crippen LogP contribution in [-0.2, 0) is 6.54 Å². The Hall–Kier alpha value is -1.72. The summed E-state index contributed by atoms with van der Waals surface area (Å²) in [5.41, 5.74) is 8.37. The Balaban J connectivity index is 1.87. The van der Waals surface area contributed by atoms with Crippen LogP contribution in [0.2, 0.25) is 0 Å². The largest absolute Gasteiger partial charge is 0.330 e. The first kappa shape index (κ1) is 13.3. The van der Waals surface area contributed by atoms with Gasteiger partial charge >= 0.3 is 0 Å². The highest BCUT2D eigenvalue weighted by Crippen LogP contribution is 2.16. The van der Waals surface area contributed by atoms with E-state index in [0.29, 0.717) is 5.92 Å². The number of likely N-dealkylation sites (tertiary alicyclic amines) is 1. The number of fused-ring (bicyclic) bond motifs is 1. The first-order valence-corrected chi connectivity index (χ1v) is 7.07. The van der Waals surface area contributed by atoms with Crippen LogP contribution in [0.5, 0.6) is 0 Å². The third-order valence-electron chi connectivity index (χ3n) is 3.96. The van der Waals surface area contributed by atoms with E-state index in [1.54, 1.807) is 16.7 Å². The van der Waals surface area contributed by atoms with Crippen LogP contribution >= 0.6 is 0 Å². The van der Waals surface area contributed by atoms with Crippen molar-refractivity contribution in [3.8, 4) is 0 Å². The Bertz CT molecular complexity index is 679. The lowest BCUT2D eigenvalue weighted by Gasteiger charge is -2.15. The zero-order chi connectivity index (χ0) is 14.1. The summed E-state index contributed by atoms with van der Waals surface area (Å²) in [6, 6.07) is 5.50. The maximum Gasteiger partial charge on any atom is 0.258 e.